The summed E-state index contributed by atoms with van der Waals surface area (Å²) in [6, 6.07) is 18.7. The van der Waals surface area contributed by atoms with Gasteiger partial charge in [-0.15, -0.1) is 0 Å². The number of carbonyl (C=O) groups is 2. The van der Waals surface area contributed by atoms with Crippen LogP contribution in [-0.2, 0) is 9.53 Å². The van der Waals surface area contributed by atoms with Crippen LogP contribution in [0.5, 0.6) is 5.75 Å². The molecule has 11 nitrogen and oxygen atoms in total. The van der Waals surface area contributed by atoms with Crippen molar-refractivity contribution in [1.29, 1.82) is 0 Å². The van der Waals surface area contributed by atoms with Crippen LogP contribution in [0.1, 0.15) is 55.1 Å². The standard InChI is InChI=1S/C17H28N2O3.C15H11N3O3/c1-4-7-11-21-16-13-14(8-9-15(16)18)17(20)22-12-10-19(5-2)6-3;19-14-9-16-15(10-4-2-1-3-5-10)12-8-11(18(20)21)6-7-13(12)17-14/h8-9,13H,4-7,10-12,18H2,1-3H3;1-8H,9H2,(H,17,19). The molecule has 0 aliphatic carbocycles. The molecular formula is C32H39N5O6. The molecule has 3 N–H and O–H groups in total. The lowest BCUT2D eigenvalue weighted by atomic mass is 10.00. The van der Waals surface area contributed by atoms with Gasteiger partial charge in [0.2, 0.25) is 5.91 Å². The molecule has 0 saturated carbocycles. The van der Waals surface area contributed by atoms with Crippen LogP contribution < -0.4 is 15.8 Å². The van der Waals surface area contributed by atoms with E-state index >= 15 is 0 Å². The molecule has 3 aromatic rings. The molecule has 228 valence electrons. The molecule has 1 heterocycles. The van der Waals surface area contributed by atoms with Crippen molar-refractivity contribution < 1.29 is 24.0 Å². The van der Waals surface area contributed by atoms with Gasteiger partial charge in [0.25, 0.3) is 5.69 Å². The number of carbonyl (C=O) groups excluding carboxylic acids is 2. The summed E-state index contributed by atoms with van der Waals surface area (Å²) in [5.41, 5.74) is 9.32. The number of nitrogen functional groups attached to an aromatic ring is 1. The molecule has 0 radical (unpaired) electrons. The zero-order chi connectivity index (χ0) is 31.2. The number of non-ortho nitro benzene ring substituents is 1. The third-order valence-corrected chi connectivity index (χ3v) is 6.71. The van der Waals surface area contributed by atoms with Crippen LogP contribution in [-0.4, -0.2) is 66.8 Å². The molecule has 43 heavy (non-hydrogen) atoms. The van der Waals surface area contributed by atoms with Crippen molar-refractivity contribution in [3.8, 4) is 5.75 Å². The van der Waals surface area contributed by atoms with Crippen LogP contribution in [0.15, 0.2) is 71.7 Å². The van der Waals surface area contributed by atoms with E-state index in [1.54, 1.807) is 18.2 Å². The number of nitrogens with two attached hydrogens (primary N) is 1. The second kappa shape index (κ2) is 16.6. The fourth-order valence-corrected chi connectivity index (χ4v) is 4.22. The lowest BCUT2D eigenvalue weighted by molar-refractivity contribution is -0.384. The van der Waals surface area contributed by atoms with Gasteiger partial charge in [0, 0.05) is 29.8 Å². The van der Waals surface area contributed by atoms with Crippen LogP contribution >= 0.6 is 0 Å². The number of rotatable bonds is 12. The van der Waals surface area contributed by atoms with E-state index in [2.05, 4.69) is 36.0 Å². The van der Waals surface area contributed by atoms with E-state index in [1.165, 1.54) is 18.2 Å². The number of hydrogen-bond donors (Lipinski definition) is 2. The topological polar surface area (TPSA) is 149 Å². The largest absolute Gasteiger partial charge is 0.491 e. The first-order chi connectivity index (χ1) is 20.8. The van der Waals surface area contributed by atoms with Crippen LogP contribution in [0.4, 0.5) is 17.1 Å². The van der Waals surface area contributed by atoms with Gasteiger partial charge < -0.3 is 25.4 Å². The number of nitrogens with zero attached hydrogens (tertiary/aromatic N) is 3. The van der Waals surface area contributed by atoms with Gasteiger partial charge in [-0.05, 0) is 43.8 Å². The Balaban J connectivity index is 0.000000235. The summed E-state index contributed by atoms with van der Waals surface area (Å²) in [4.78, 5) is 40.7. The van der Waals surface area contributed by atoms with Crippen molar-refractivity contribution in [2.75, 3.05) is 50.4 Å². The zero-order valence-electron chi connectivity index (χ0n) is 24.9. The summed E-state index contributed by atoms with van der Waals surface area (Å²) in [6.45, 7) is 9.89. The molecule has 0 unspecified atom stereocenters. The summed E-state index contributed by atoms with van der Waals surface area (Å²) in [5, 5.41) is 13.7. The highest BCUT2D eigenvalue weighted by molar-refractivity contribution is 6.19. The van der Waals surface area contributed by atoms with E-state index in [0.717, 1.165) is 38.0 Å². The minimum Gasteiger partial charge on any atom is -0.491 e. The molecule has 1 amide bonds. The first kappa shape index (κ1) is 32.7. The van der Waals surface area contributed by atoms with Crippen molar-refractivity contribution in [2.45, 2.75) is 33.6 Å². The van der Waals surface area contributed by atoms with Crippen LogP contribution in [0.25, 0.3) is 0 Å². The Labute approximate surface area is 251 Å². The number of nitro benzene ring substituents is 1. The number of benzene rings is 3. The second-order valence-corrected chi connectivity index (χ2v) is 9.68. The number of amides is 1. The highest BCUT2D eigenvalue weighted by Crippen LogP contribution is 2.27. The van der Waals surface area contributed by atoms with Gasteiger partial charge in [-0.2, -0.15) is 0 Å². The number of hydrogen-bond acceptors (Lipinski definition) is 9. The third kappa shape index (κ3) is 9.64. The van der Waals surface area contributed by atoms with Crippen molar-refractivity contribution in [3.63, 3.8) is 0 Å². The van der Waals surface area contributed by atoms with E-state index in [0.29, 0.717) is 47.2 Å². The Morgan fingerprint density at radius 3 is 2.47 bits per heavy atom. The number of anilines is 2. The Hall–Kier alpha value is -4.77. The maximum Gasteiger partial charge on any atom is 0.338 e. The van der Waals surface area contributed by atoms with Crippen LogP contribution in [0, 0.1) is 10.1 Å². The molecule has 3 aromatic carbocycles. The quantitative estimate of drug-likeness (QED) is 0.0946. The molecule has 0 atom stereocenters. The van der Waals surface area contributed by atoms with E-state index in [-0.39, 0.29) is 24.1 Å². The number of unbranched alkanes of at least 4 members (excludes halogenated alkanes) is 1. The van der Waals surface area contributed by atoms with Gasteiger partial charge in [-0.3, -0.25) is 19.9 Å². The smallest absolute Gasteiger partial charge is 0.338 e. The molecule has 0 fully saturated rings. The highest BCUT2D eigenvalue weighted by Gasteiger charge is 2.21. The van der Waals surface area contributed by atoms with Crippen molar-refractivity contribution in [1.82, 2.24) is 4.90 Å². The molecule has 11 heteroatoms. The predicted molar refractivity (Wildman–Crippen MR) is 168 cm³/mol. The molecule has 0 aromatic heterocycles. The van der Waals surface area contributed by atoms with Gasteiger partial charge >= 0.3 is 5.97 Å². The zero-order valence-corrected chi connectivity index (χ0v) is 24.9. The van der Waals surface area contributed by atoms with Gasteiger partial charge in [-0.1, -0.05) is 57.5 Å². The minimum absolute atomic E-state index is 0.00724. The first-order valence-electron chi connectivity index (χ1n) is 14.4. The summed E-state index contributed by atoms with van der Waals surface area (Å²) < 4.78 is 10.9. The molecular weight excluding hydrogens is 550 g/mol. The maximum atomic E-state index is 12.1. The maximum absolute atomic E-state index is 12.1. The lowest BCUT2D eigenvalue weighted by Gasteiger charge is -2.17. The van der Waals surface area contributed by atoms with Gasteiger partial charge in [0.1, 0.15) is 18.9 Å². The number of aliphatic imine (C=N–C) groups is 1. The molecule has 0 bridgehead atoms. The van der Waals surface area contributed by atoms with Gasteiger partial charge in [0.05, 0.1) is 34.2 Å². The van der Waals surface area contributed by atoms with Crippen molar-refractivity contribution in [2.24, 2.45) is 4.99 Å². The molecule has 0 spiro atoms. The molecule has 1 aliphatic heterocycles. The van der Waals surface area contributed by atoms with Gasteiger partial charge in [0.15, 0.2) is 0 Å². The minimum atomic E-state index is -0.463. The van der Waals surface area contributed by atoms with Gasteiger partial charge in [-0.25, -0.2) is 4.79 Å². The summed E-state index contributed by atoms with van der Waals surface area (Å²) in [7, 11) is 0. The monoisotopic (exact) mass is 589 g/mol. The van der Waals surface area contributed by atoms with E-state index < -0.39 is 4.92 Å². The fraction of sp³-hybridized carbons (Fsp3) is 0.344. The predicted octanol–water partition coefficient (Wildman–Crippen LogP) is 5.33. The number of nitro groups is 1. The van der Waals surface area contributed by atoms with Crippen molar-refractivity contribution >= 4 is 34.7 Å². The first-order valence-corrected chi connectivity index (χ1v) is 14.4. The average Bonchev–Trinajstić information content (AvgIpc) is 3.18. The Morgan fingerprint density at radius 2 is 1.79 bits per heavy atom. The normalized spacial score (nSPS) is 12.2. The fourth-order valence-electron chi connectivity index (χ4n) is 4.22. The number of benzodiazepines with no additional fused rings is 1. The number of fused-ring (bicyclic) bond motifs is 1. The molecule has 0 saturated heterocycles. The highest BCUT2D eigenvalue weighted by atomic mass is 16.6. The lowest BCUT2D eigenvalue weighted by Crippen LogP contribution is -2.27. The summed E-state index contributed by atoms with van der Waals surface area (Å²) in [6.07, 6.45) is 2.00. The molecule has 1 aliphatic rings. The number of ether oxygens (including phenoxy) is 2. The summed E-state index contributed by atoms with van der Waals surface area (Å²) in [5.74, 6) is -0.0322. The third-order valence-electron chi connectivity index (χ3n) is 6.71. The molecule has 4 rings (SSSR count). The Kier molecular flexibility index (Phi) is 12.7. The number of likely N-dealkylation sites (N-methyl/N-ethyl adjacent to an activating group) is 1. The number of nitrogens with one attached hydrogen (secondary N) is 1. The SMILES string of the molecule is CCCCOc1cc(C(=O)OCCN(CC)CC)ccc1N.O=C1CN=C(c2ccccc2)c2cc([N+](=O)[O-])ccc2N1. The number of esters is 1. The summed E-state index contributed by atoms with van der Waals surface area (Å²) >= 11 is 0. The average molecular weight is 590 g/mol. The Bertz CT molecular complexity index is 1420. The van der Waals surface area contributed by atoms with E-state index in [9.17, 15) is 19.7 Å². The van der Waals surface area contributed by atoms with Crippen LogP contribution in [0.3, 0.4) is 0 Å². The van der Waals surface area contributed by atoms with Crippen molar-refractivity contribution in [3.05, 3.63) is 93.5 Å². The van der Waals surface area contributed by atoms with E-state index in [4.69, 9.17) is 15.2 Å². The van der Waals surface area contributed by atoms with E-state index in [1.807, 2.05) is 30.3 Å². The second-order valence-electron chi connectivity index (χ2n) is 9.68. The Morgan fingerprint density at radius 1 is 1.05 bits per heavy atom. The van der Waals surface area contributed by atoms with Crippen LogP contribution in [0.2, 0.25) is 0 Å².